The molecule has 0 spiro atoms. The molecule has 0 bridgehead atoms. The van der Waals surface area contributed by atoms with Crippen molar-refractivity contribution >= 4 is 45.1 Å². The normalized spacial score (nSPS) is 18.9. The molecule has 0 radical (unpaired) electrons. The van der Waals surface area contributed by atoms with E-state index < -0.39 is 17.9 Å². The molecule has 1 N–H and O–H groups in total. The Hall–Kier alpha value is -3.44. The number of thiophene rings is 1. The number of aromatic nitrogens is 2. The summed E-state index contributed by atoms with van der Waals surface area (Å²) in [6, 6.07) is 7.93. The Labute approximate surface area is 240 Å². The summed E-state index contributed by atoms with van der Waals surface area (Å²) in [6.45, 7) is 15.3. The molecule has 2 amide bonds. The third kappa shape index (κ3) is 7.00. The van der Waals surface area contributed by atoms with Crippen molar-refractivity contribution in [2.24, 2.45) is 0 Å². The molecule has 216 valence electrons. The second-order valence-electron chi connectivity index (χ2n) is 11.5. The summed E-state index contributed by atoms with van der Waals surface area (Å²) in [4.78, 5) is 41.4. The summed E-state index contributed by atoms with van der Waals surface area (Å²) < 4.78 is 11.4. The molecule has 3 heterocycles. The first-order valence-electron chi connectivity index (χ1n) is 13.5. The quantitative estimate of drug-likeness (QED) is 0.392. The molecule has 1 aliphatic heterocycles. The van der Waals surface area contributed by atoms with Crippen molar-refractivity contribution in [3.05, 3.63) is 41.5 Å². The van der Waals surface area contributed by atoms with E-state index in [1.165, 1.54) is 4.90 Å². The number of fused-ring (bicyclic) bond motifs is 1. The summed E-state index contributed by atoms with van der Waals surface area (Å²) >= 11 is 1.61. The molecule has 1 fully saturated rings. The lowest BCUT2D eigenvalue weighted by Gasteiger charge is -2.45. The van der Waals surface area contributed by atoms with Crippen molar-refractivity contribution in [1.29, 1.82) is 0 Å². The van der Waals surface area contributed by atoms with E-state index in [0.717, 1.165) is 34.7 Å². The first-order valence-corrected chi connectivity index (χ1v) is 14.4. The zero-order valence-electron chi connectivity index (χ0n) is 24.6. The van der Waals surface area contributed by atoms with Gasteiger partial charge < -0.3 is 19.7 Å². The SMILES string of the molecule is Cc1ccc(OC(C)N(C)C(=O)OC(C)(C)C)cc1NC(=O)CN1CC(C)N(c2ncnc3sccc23)C(C)C1. The molecule has 3 aromatic rings. The highest BCUT2D eigenvalue weighted by molar-refractivity contribution is 7.16. The maximum absolute atomic E-state index is 13.1. The van der Waals surface area contributed by atoms with Crippen LogP contribution in [0.3, 0.4) is 0 Å². The second kappa shape index (κ2) is 12.0. The number of rotatable bonds is 7. The van der Waals surface area contributed by atoms with Crippen molar-refractivity contribution in [3.63, 3.8) is 0 Å². The molecule has 0 saturated carbocycles. The smallest absolute Gasteiger partial charge is 0.412 e. The predicted octanol–water partition coefficient (Wildman–Crippen LogP) is 5.13. The molecule has 1 aromatic carbocycles. The first kappa shape index (κ1) is 29.5. The van der Waals surface area contributed by atoms with Crippen molar-refractivity contribution in [3.8, 4) is 5.75 Å². The van der Waals surface area contributed by atoms with Gasteiger partial charge in [-0.05, 0) is 71.5 Å². The van der Waals surface area contributed by atoms with Crippen LogP contribution in [-0.2, 0) is 9.53 Å². The maximum atomic E-state index is 13.1. The van der Waals surface area contributed by atoms with Gasteiger partial charge in [-0.2, -0.15) is 0 Å². The van der Waals surface area contributed by atoms with E-state index >= 15 is 0 Å². The van der Waals surface area contributed by atoms with E-state index in [9.17, 15) is 9.59 Å². The molecular weight excluding hydrogens is 528 g/mol. The number of amides is 2. The summed E-state index contributed by atoms with van der Waals surface area (Å²) in [5.74, 6) is 1.41. The molecule has 40 heavy (non-hydrogen) atoms. The van der Waals surface area contributed by atoms with Gasteiger partial charge in [-0.3, -0.25) is 14.6 Å². The lowest BCUT2D eigenvalue weighted by molar-refractivity contribution is -0.117. The summed E-state index contributed by atoms with van der Waals surface area (Å²) in [5.41, 5.74) is 1.00. The zero-order valence-corrected chi connectivity index (χ0v) is 25.4. The van der Waals surface area contributed by atoms with Gasteiger partial charge >= 0.3 is 6.09 Å². The Kier molecular flexibility index (Phi) is 8.84. The molecule has 3 unspecified atom stereocenters. The minimum Gasteiger partial charge on any atom is -0.471 e. The average molecular weight is 569 g/mol. The van der Waals surface area contributed by atoms with Crippen molar-refractivity contribution in [2.75, 3.05) is 36.9 Å². The molecular formula is C29H40N6O4S. The summed E-state index contributed by atoms with van der Waals surface area (Å²) in [5, 5.41) is 6.16. The van der Waals surface area contributed by atoms with E-state index in [-0.39, 0.29) is 24.5 Å². The fourth-order valence-electron chi connectivity index (χ4n) is 4.92. The third-order valence-corrected chi connectivity index (χ3v) is 7.68. The number of ether oxygens (including phenoxy) is 2. The Balaban J connectivity index is 1.36. The number of piperazine rings is 1. The number of hydrogen-bond acceptors (Lipinski definition) is 9. The van der Waals surface area contributed by atoms with Gasteiger partial charge in [-0.1, -0.05) is 6.07 Å². The van der Waals surface area contributed by atoms with Crippen LogP contribution in [-0.4, -0.2) is 82.4 Å². The molecule has 3 atom stereocenters. The fraction of sp³-hybridized carbons (Fsp3) is 0.517. The molecule has 10 nitrogen and oxygen atoms in total. The second-order valence-corrected chi connectivity index (χ2v) is 12.4. The van der Waals surface area contributed by atoms with Gasteiger partial charge in [0.2, 0.25) is 5.91 Å². The van der Waals surface area contributed by atoms with E-state index in [1.54, 1.807) is 37.7 Å². The highest BCUT2D eigenvalue weighted by Gasteiger charge is 2.32. The topological polar surface area (TPSA) is 100 Å². The third-order valence-electron chi connectivity index (χ3n) is 6.86. The fourth-order valence-corrected chi connectivity index (χ4v) is 5.65. The number of carbonyl (C=O) groups excluding carboxylic acids is 2. The zero-order chi connectivity index (χ0) is 29.2. The number of nitrogens with one attached hydrogen (secondary N) is 1. The van der Waals surface area contributed by atoms with Gasteiger partial charge in [0.25, 0.3) is 0 Å². The number of benzene rings is 1. The predicted molar refractivity (Wildman–Crippen MR) is 159 cm³/mol. The van der Waals surface area contributed by atoms with Crippen LogP contribution in [0.1, 0.15) is 47.1 Å². The highest BCUT2D eigenvalue weighted by Crippen LogP contribution is 2.31. The van der Waals surface area contributed by atoms with Crippen molar-refractivity contribution in [1.82, 2.24) is 19.8 Å². The molecule has 4 rings (SSSR count). The maximum Gasteiger partial charge on any atom is 0.412 e. The van der Waals surface area contributed by atoms with Crippen LogP contribution in [0.4, 0.5) is 16.3 Å². The van der Waals surface area contributed by atoms with E-state index in [0.29, 0.717) is 11.4 Å². The minimum absolute atomic E-state index is 0.0886. The van der Waals surface area contributed by atoms with Crippen LogP contribution in [0.25, 0.3) is 10.2 Å². The Morgan fingerprint density at radius 3 is 2.55 bits per heavy atom. The van der Waals surface area contributed by atoms with E-state index in [1.807, 2.05) is 45.2 Å². The molecule has 2 aromatic heterocycles. The Bertz CT molecular complexity index is 1340. The van der Waals surface area contributed by atoms with Gasteiger partial charge in [0, 0.05) is 44.0 Å². The largest absolute Gasteiger partial charge is 0.471 e. The van der Waals surface area contributed by atoms with Gasteiger partial charge in [0.05, 0.1) is 11.9 Å². The van der Waals surface area contributed by atoms with Gasteiger partial charge in [0.1, 0.15) is 28.3 Å². The first-order chi connectivity index (χ1) is 18.8. The Morgan fingerprint density at radius 1 is 1.18 bits per heavy atom. The highest BCUT2D eigenvalue weighted by atomic mass is 32.1. The number of aryl methyl sites for hydroxylation is 1. The Morgan fingerprint density at radius 2 is 1.88 bits per heavy atom. The summed E-state index contributed by atoms with van der Waals surface area (Å²) in [6.07, 6.45) is 0.596. The van der Waals surface area contributed by atoms with Gasteiger partial charge in [-0.15, -0.1) is 11.3 Å². The van der Waals surface area contributed by atoms with Crippen LogP contribution in [0, 0.1) is 6.92 Å². The molecule has 1 aliphatic rings. The minimum atomic E-state index is -0.596. The van der Waals surface area contributed by atoms with Crippen LogP contribution in [0.5, 0.6) is 5.75 Å². The molecule has 1 saturated heterocycles. The lowest BCUT2D eigenvalue weighted by Crippen LogP contribution is -2.58. The summed E-state index contributed by atoms with van der Waals surface area (Å²) in [7, 11) is 1.63. The number of nitrogens with zero attached hydrogens (tertiary/aromatic N) is 5. The van der Waals surface area contributed by atoms with Crippen LogP contribution in [0.2, 0.25) is 0 Å². The molecule has 0 aliphatic carbocycles. The lowest BCUT2D eigenvalue weighted by atomic mass is 10.1. The van der Waals surface area contributed by atoms with Crippen molar-refractivity contribution in [2.45, 2.75) is 72.4 Å². The number of hydrogen-bond donors (Lipinski definition) is 1. The van der Waals surface area contributed by atoms with E-state index in [4.69, 9.17) is 9.47 Å². The monoisotopic (exact) mass is 568 g/mol. The number of carbonyl (C=O) groups is 2. The van der Waals surface area contributed by atoms with Crippen LogP contribution >= 0.6 is 11.3 Å². The van der Waals surface area contributed by atoms with Gasteiger partial charge in [0.15, 0.2) is 6.23 Å². The van der Waals surface area contributed by atoms with Gasteiger partial charge in [-0.25, -0.2) is 14.8 Å². The molecule has 11 heteroatoms. The average Bonchev–Trinajstić information content (AvgIpc) is 3.34. The number of anilines is 2. The van der Waals surface area contributed by atoms with E-state index in [2.05, 4.69) is 45.0 Å². The van der Waals surface area contributed by atoms with Crippen LogP contribution in [0.15, 0.2) is 36.0 Å². The van der Waals surface area contributed by atoms with Crippen LogP contribution < -0.4 is 15.0 Å². The van der Waals surface area contributed by atoms with Crippen molar-refractivity contribution < 1.29 is 19.1 Å². The standard InChI is InChI=1S/C29H40N6O4S/c1-18-9-10-22(38-21(4)33(8)28(37)39-29(5,6)7)13-24(18)32-25(36)16-34-14-19(2)35(20(3)15-34)26-23-11-12-40-27(23)31-17-30-26/h9-13,17,19-21H,14-16H2,1-8H3,(H,32,36).